The van der Waals surface area contributed by atoms with Crippen LogP contribution < -0.4 is 5.32 Å². The van der Waals surface area contributed by atoms with E-state index in [1.54, 1.807) is 19.1 Å². The minimum Gasteiger partial charge on any atom is -0.478 e. The molecule has 0 bridgehead atoms. The quantitative estimate of drug-likeness (QED) is 0.852. The number of carbonyl (C=O) groups is 2. The van der Waals surface area contributed by atoms with E-state index in [9.17, 15) is 14.7 Å². The van der Waals surface area contributed by atoms with Gasteiger partial charge < -0.3 is 10.4 Å². The van der Waals surface area contributed by atoms with Gasteiger partial charge in [-0.05, 0) is 30.7 Å². The molecule has 1 aromatic carbocycles. The van der Waals surface area contributed by atoms with E-state index in [2.05, 4.69) is 10.3 Å². The molecule has 1 heterocycles. The highest BCUT2D eigenvalue weighted by atomic mass is 35.5. The predicted octanol–water partition coefficient (Wildman–Crippen LogP) is 2.99. The summed E-state index contributed by atoms with van der Waals surface area (Å²) in [5.41, 5.74) is 1.20. The number of rotatable bonds is 3. The Morgan fingerprint density at radius 2 is 2.05 bits per heavy atom. The maximum atomic E-state index is 12.1. The average molecular weight is 291 g/mol. The minimum absolute atomic E-state index is 0.0704. The summed E-state index contributed by atoms with van der Waals surface area (Å²) in [5, 5.41) is 12.0. The first kappa shape index (κ1) is 14.0. The first-order chi connectivity index (χ1) is 9.49. The van der Waals surface area contributed by atoms with Crippen molar-refractivity contribution in [3.05, 3.63) is 58.4 Å². The van der Waals surface area contributed by atoms with Gasteiger partial charge in [0.25, 0.3) is 5.91 Å². The molecular weight excluding hydrogens is 280 g/mol. The number of halogens is 1. The topological polar surface area (TPSA) is 79.3 Å². The molecule has 0 saturated heterocycles. The zero-order valence-electron chi connectivity index (χ0n) is 10.6. The Morgan fingerprint density at radius 1 is 1.30 bits per heavy atom. The van der Waals surface area contributed by atoms with Gasteiger partial charge in [-0.15, -0.1) is 0 Å². The summed E-state index contributed by atoms with van der Waals surface area (Å²) >= 11 is 5.71. The van der Waals surface area contributed by atoms with Crippen molar-refractivity contribution in [2.24, 2.45) is 0 Å². The van der Waals surface area contributed by atoms with Crippen LogP contribution in [0.1, 0.15) is 26.3 Å². The van der Waals surface area contributed by atoms with Gasteiger partial charge in [0.1, 0.15) is 5.15 Å². The number of aromatic nitrogens is 1. The number of aryl methyl sites for hydroxylation is 1. The number of hydrogen-bond donors (Lipinski definition) is 2. The summed E-state index contributed by atoms with van der Waals surface area (Å²) in [7, 11) is 0. The predicted molar refractivity (Wildman–Crippen MR) is 75.3 cm³/mol. The first-order valence-corrected chi connectivity index (χ1v) is 6.12. The molecule has 0 fully saturated rings. The molecule has 2 N–H and O–H groups in total. The second-order valence-electron chi connectivity index (χ2n) is 4.12. The molecular formula is C14H11ClN2O3. The van der Waals surface area contributed by atoms with Crippen LogP contribution in [0.25, 0.3) is 0 Å². The summed E-state index contributed by atoms with van der Waals surface area (Å²) in [6.07, 6.45) is 1.41. The van der Waals surface area contributed by atoms with Crippen molar-refractivity contribution in [3.8, 4) is 0 Å². The Kier molecular flexibility index (Phi) is 4.00. The van der Waals surface area contributed by atoms with Crippen molar-refractivity contribution in [1.82, 2.24) is 4.98 Å². The van der Waals surface area contributed by atoms with E-state index >= 15 is 0 Å². The molecule has 1 amide bonds. The lowest BCUT2D eigenvalue weighted by Crippen LogP contribution is -2.15. The molecule has 1 aromatic heterocycles. The Balaban J connectivity index is 2.33. The molecule has 2 rings (SSSR count). The second kappa shape index (κ2) is 5.71. The van der Waals surface area contributed by atoms with E-state index in [4.69, 9.17) is 11.6 Å². The first-order valence-electron chi connectivity index (χ1n) is 5.75. The number of benzene rings is 1. The van der Waals surface area contributed by atoms with E-state index in [-0.39, 0.29) is 16.4 Å². The number of carboxylic acid groups (broad SMARTS) is 1. The van der Waals surface area contributed by atoms with Gasteiger partial charge in [0.15, 0.2) is 0 Å². The lowest BCUT2D eigenvalue weighted by Gasteiger charge is -2.10. The summed E-state index contributed by atoms with van der Waals surface area (Å²) in [6, 6.07) is 7.79. The molecule has 0 atom stereocenters. The molecule has 0 radical (unpaired) electrons. The van der Waals surface area contributed by atoms with Crippen LogP contribution in [0.2, 0.25) is 5.15 Å². The number of nitrogens with one attached hydrogen (secondary N) is 1. The Bertz CT molecular complexity index is 686. The molecule has 0 aliphatic carbocycles. The Morgan fingerprint density at radius 3 is 2.70 bits per heavy atom. The van der Waals surface area contributed by atoms with Gasteiger partial charge in [-0.1, -0.05) is 23.7 Å². The summed E-state index contributed by atoms with van der Waals surface area (Å²) in [4.78, 5) is 27.1. The van der Waals surface area contributed by atoms with Gasteiger partial charge in [0.05, 0.1) is 11.3 Å². The third-order valence-electron chi connectivity index (χ3n) is 2.72. The monoisotopic (exact) mass is 290 g/mol. The fourth-order valence-corrected chi connectivity index (χ4v) is 1.97. The number of pyridine rings is 1. The highest BCUT2D eigenvalue weighted by molar-refractivity contribution is 6.29. The number of nitrogens with zero attached hydrogens (tertiary/aromatic N) is 1. The summed E-state index contributed by atoms with van der Waals surface area (Å²) < 4.78 is 0. The van der Waals surface area contributed by atoms with Gasteiger partial charge in [0, 0.05) is 11.8 Å². The van der Waals surface area contributed by atoms with Gasteiger partial charge in [-0.2, -0.15) is 0 Å². The molecule has 0 saturated carbocycles. The maximum absolute atomic E-state index is 12.1. The van der Waals surface area contributed by atoms with Crippen LogP contribution in [0.5, 0.6) is 0 Å². The van der Waals surface area contributed by atoms with Crippen LogP contribution in [0, 0.1) is 6.92 Å². The largest absolute Gasteiger partial charge is 0.478 e. The zero-order chi connectivity index (χ0) is 14.7. The normalized spacial score (nSPS) is 10.1. The SMILES string of the molecule is Cc1cccc(NC(=O)c2ccnc(Cl)c2)c1C(=O)O. The smallest absolute Gasteiger partial charge is 0.338 e. The fraction of sp³-hybridized carbons (Fsp3) is 0.0714. The highest BCUT2D eigenvalue weighted by Gasteiger charge is 2.15. The minimum atomic E-state index is -1.09. The Hall–Kier alpha value is -2.40. The number of amides is 1. The summed E-state index contributed by atoms with van der Waals surface area (Å²) in [6.45, 7) is 1.67. The molecule has 6 heteroatoms. The zero-order valence-corrected chi connectivity index (χ0v) is 11.3. The maximum Gasteiger partial charge on any atom is 0.338 e. The average Bonchev–Trinajstić information content (AvgIpc) is 2.38. The third-order valence-corrected chi connectivity index (χ3v) is 2.93. The van der Waals surface area contributed by atoms with Gasteiger partial charge >= 0.3 is 5.97 Å². The van der Waals surface area contributed by atoms with Crippen molar-refractivity contribution < 1.29 is 14.7 Å². The molecule has 0 unspecified atom stereocenters. The molecule has 0 aliphatic rings. The number of aromatic carboxylic acids is 1. The summed E-state index contributed by atoms with van der Waals surface area (Å²) in [5.74, 6) is -1.53. The van der Waals surface area contributed by atoms with Crippen LogP contribution >= 0.6 is 11.6 Å². The number of carboxylic acids is 1. The second-order valence-corrected chi connectivity index (χ2v) is 4.51. The number of carbonyl (C=O) groups excluding carboxylic acids is 1. The third kappa shape index (κ3) is 2.95. The van der Waals surface area contributed by atoms with Gasteiger partial charge in [-0.3, -0.25) is 4.79 Å². The molecule has 102 valence electrons. The lowest BCUT2D eigenvalue weighted by molar-refractivity contribution is 0.0697. The van der Waals surface area contributed by atoms with Crippen molar-refractivity contribution in [3.63, 3.8) is 0 Å². The fourth-order valence-electron chi connectivity index (χ4n) is 1.79. The van der Waals surface area contributed by atoms with E-state index in [1.165, 1.54) is 24.4 Å². The van der Waals surface area contributed by atoms with Crippen molar-refractivity contribution in [1.29, 1.82) is 0 Å². The van der Waals surface area contributed by atoms with Gasteiger partial charge in [-0.25, -0.2) is 9.78 Å². The van der Waals surface area contributed by atoms with Crippen LogP contribution in [-0.4, -0.2) is 22.0 Å². The van der Waals surface area contributed by atoms with Crippen molar-refractivity contribution in [2.75, 3.05) is 5.32 Å². The van der Waals surface area contributed by atoms with Crippen LogP contribution in [0.3, 0.4) is 0 Å². The molecule has 0 aliphatic heterocycles. The number of anilines is 1. The number of hydrogen-bond acceptors (Lipinski definition) is 3. The highest BCUT2D eigenvalue weighted by Crippen LogP contribution is 2.20. The molecule has 2 aromatic rings. The van der Waals surface area contributed by atoms with E-state index in [0.29, 0.717) is 11.1 Å². The van der Waals surface area contributed by atoms with Crippen LogP contribution in [-0.2, 0) is 0 Å². The molecule has 5 nitrogen and oxygen atoms in total. The molecule has 20 heavy (non-hydrogen) atoms. The van der Waals surface area contributed by atoms with E-state index in [0.717, 1.165) is 0 Å². The van der Waals surface area contributed by atoms with Gasteiger partial charge in [0.2, 0.25) is 0 Å². The Labute approximate surface area is 120 Å². The van der Waals surface area contributed by atoms with Crippen molar-refractivity contribution >= 4 is 29.2 Å². The van der Waals surface area contributed by atoms with Crippen LogP contribution in [0.15, 0.2) is 36.5 Å². The van der Waals surface area contributed by atoms with E-state index in [1.807, 2.05) is 0 Å². The standard InChI is InChI=1S/C14H11ClN2O3/c1-8-3-2-4-10(12(8)14(19)20)17-13(18)9-5-6-16-11(15)7-9/h2-7H,1H3,(H,17,18)(H,19,20). The van der Waals surface area contributed by atoms with Crippen LogP contribution in [0.4, 0.5) is 5.69 Å². The molecule has 0 spiro atoms. The van der Waals surface area contributed by atoms with E-state index < -0.39 is 11.9 Å². The van der Waals surface area contributed by atoms with Crippen molar-refractivity contribution in [2.45, 2.75) is 6.92 Å². The lowest BCUT2D eigenvalue weighted by atomic mass is 10.1.